The number of esters is 1. The fraction of sp³-hybridized carbons (Fsp3) is 0.609. The third kappa shape index (κ3) is 2.17. The third-order valence-electron chi connectivity index (χ3n) is 7.66. The van der Waals surface area contributed by atoms with Gasteiger partial charge in [0, 0.05) is 30.6 Å². The van der Waals surface area contributed by atoms with Gasteiger partial charge < -0.3 is 9.30 Å². The second-order valence-corrected chi connectivity index (χ2v) is 9.08. The summed E-state index contributed by atoms with van der Waals surface area (Å²) in [5, 5.41) is 1.31. The average molecular weight is 382 g/mol. The number of nitrogens with zero attached hydrogens (tertiary/aromatic N) is 3. The van der Waals surface area contributed by atoms with E-state index in [0.717, 1.165) is 25.3 Å². The summed E-state index contributed by atoms with van der Waals surface area (Å²) >= 11 is 0. The highest BCUT2D eigenvalue weighted by atomic mass is 16.5. The first-order valence-corrected chi connectivity index (χ1v) is 10.7. The van der Waals surface area contributed by atoms with Gasteiger partial charge in [-0.05, 0) is 50.4 Å². The van der Waals surface area contributed by atoms with Gasteiger partial charge in [0.15, 0.2) is 5.66 Å². The van der Waals surface area contributed by atoms with Gasteiger partial charge in [-0.3, -0.25) is 9.80 Å². The molecule has 1 unspecified atom stereocenters. The molecule has 28 heavy (non-hydrogen) atoms. The van der Waals surface area contributed by atoms with E-state index in [1.165, 1.54) is 48.7 Å². The van der Waals surface area contributed by atoms with Crippen molar-refractivity contribution in [2.45, 2.75) is 44.3 Å². The van der Waals surface area contributed by atoms with Crippen LogP contribution >= 0.6 is 0 Å². The lowest BCUT2D eigenvalue weighted by atomic mass is 9.71. The van der Waals surface area contributed by atoms with E-state index in [2.05, 4.69) is 45.6 Å². The molecule has 0 spiro atoms. The highest BCUT2D eigenvalue weighted by Crippen LogP contribution is 2.55. The maximum atomic E-state index is 13.4. The average Bonchev–Trinajstić information content (AvgIpc) is 3.06. The minimum Gasteiger partial charge on any atom is -0.466 e. The Labute approximate surface area is 167 Å². The van der Waals surface area contributed by atoms with Gasteiger partial charge in [-0.1, -0.05) is 31.5 Å². The summed E-state index contributed by atoms with van der Waals surface area (Å²) in [4.78, 5) is 18.2. The smallest absolute Gasteiger partial charge is 0.347 e. The molecule has 1 aromatic carbocycles. The fourth-order valence-corrected chi connectivity index (χ4v) is 6.41. The van der Waals surface area contributed by atoms with Crippen molar-refractivity contribution in [3.8, 4) is 0 Å². The SMILES string of the molecule is CC[C@@H]1C[C@@H]2CC(C(=O)OC)(N(C)C)n3c4c(c5ccccc53)CCN(C1)[C@@H]42. The summed E-state index contributed by atoms with van der Waals surface area (Å²) in [5.74, 6) is 1.06. The number of likely N-dealkylation sites (N-methyl/N-ethyl adjacent to an activating group) is 1. The van der Waals surface area contributed by atoms with E-state index in [-0.39, 0.29) is 5.97 Å². The Balaban J connectivity index is 1.84. The maximum Gasteiger partial charge on any atom is 0.347 e. The summed E-state index contributed by atoms with van der Waals surface area (Å²) < 4.78 is 7.78. The van der Waals surface area contributed by atoms with Crippen molar-refractivity contribution in [1.82, 2.24) is 14.4 Å². The Kier molecular flexibility index (Phi) is 4.11. The Hall–Kier alpha value is -1.85. The maximum absolute atomic E-state index is 13.4. The number of ether oxygens (including phenoxy) is 1. The van der Waals surface area contributed by atoms with E-state index in [4.69, 9.17) is 4.74 Å². The summed E-state index contributed by atoms with van der Waals surface area (Å²) in [5.41, 5.74) is 3.22. The number of hydrogen-bond acceptors (Lipinski definition) is 4. The number of para-hydroxylation sites is 1. The van der Waals surface area contributed by atoms with Gasteiger partial charge >= 0.3 is 5.97 Å². The monoisotopic (exact) mass is 381 g/mol. The normalized spacial score (nSPS) is 31.8. The zero-order chi connectivity index (χ0) is 19.6. The van der Waals surface area contributed by atoms with Crippen LogP contribution in [0.15, 0.2) is 24.3 Å². The Morgan fingerprint density at radius 1 is 1.32 bits per heavy atom. The largest absolute Gasteiger partial charge is 0.466 e. The van der Waals surface area contributed by atoms with E-state index in [1.54, 1.807) is 0 Å². The molecule has 1 fully saturated rings. The lowest BCUT2D eigenvalue weighted by molar-refractivity contribution is -0.168. The van der Waals surface area contributed by atoms with E-state index >= 15 is 0 Å². The van der Waals surface area contributed by atoms with Crippen molar-refractivity contribution >= 4 is 16.9 Å². The molecule has 2 aromatic rings. The van der Waals surface area contributed by atoms with Crippen LogP contribution in [0.25, 0.3) is 10.9 Å². The molecule has 3 aliphatic rings. The molecule has 0 amide bonds. The number of carbonyl (C=O) groups excluding carboxylic acids is 1. The number of fused-ring (bicyclic) bond motifs is 3. The zero-order valence-electron chi connectivity index (χ0n) is 17.4. The van der Waals surface area contributed by atoms with Crippen LogP contribution in [-0.2, 0) is 21.6 Å². The van der Waals surface area contributed by atoms with Gasteiger partial charge in [0.25, 0.3) is 0 Å². The van der Waals surface area contributed by atoms with E-state index in [9.17, 15) is 4.79 Å². The van der Waals surface area contributed by atoms with Crippen LogP contribution in [0, 0.1) is 11.8 Å². The van der Waals surface area contributed by atoms with Crippen LogP contribution in [0.4, 0.5) is 0 Å². The second kappa shape index (κ2) is 6.33. The highest BCUT2D eigenvalue weighted by Gasteiger charge is 2.57. The summed E-state index contributed by atoms with van der Waals surface area (Å²) in [6.45, 7) is 4.62. The fourth-order valence-electron chi connectivity index (χ4n) is 6.41. The van der Waals surface area contributed by atoms with Crippen LogP contribution in [0.5, 0.6) is 0 Å². The van der Waals surface area contributed by atoms with Crippen LogP contribution < -0.4 is 0 Å². The minimum atomic E-state index is -0.776. The standard InChI is InChI=1S/C23H31N3O2/c1-5-15-12-16-13-23(24(2)3,22(27)28-4)26-19-9-7-6-8-17(19)18-10-11-25(14-15)20(16)21(18)26/h6-9,15-16,20H,5,10-14H2,1-4H3/t15-,16-,20-,23?/m1/s1. The van der Waals surface area contributed by atoms with Crippen molar-refractivity contribution in [2.75, 3.05) is 34.3 Å². The van der Waals surface area contributed by atoms with Crippen molar-refractivity contribution in [1.29, 1.82) is 0 Å². The summed E-state index contributed by atoms with van der Waals surface area (Å²) in [6.07, 6.45) is 4.29. The first kappa shape index (κ1) is 18.2. The van der Waals surface area contributed by atoms with Gasteiger partial charge in [0.1, 0.15) is 0 Å². The number of benzene rings is 1. The first-order chi connectivity index (χ1) is 13.5. The van der Waals surface area contributed by atoms with Gasteiger partial charge in [0.2, 0.25) is 0 Å². The number of aromatic nitrogens is 1. The van der Waals surface area contributed by atoms with Gasteiger partial charge in [0.05, 0.1) is 18.7 Å². The van der Waals surface area contributed by atoms with Crippen molar-refractivity contribution < 1.29 is 9.53 Å². The number of rotatable bonds is 3. The molecule has 0 aliphatic carbocycles. The highest BCUT2D eigenvalue weighted by molar-refractivity contribution is 5.90. The predicted octanol–water partition coefficient (Wildman–Crippen LogP) is 3.38. The molecule has 5 rings (SSSR count). The predicted molar refractivity (Wildman–Crippen MR) is 110 cm³/mol. The Morgan fingerprint density at radius 2 is 2.11 bits per heavy atom. The molecule has 0 radical (unpaired) electrons. The lowest BCUT2D eigenvalue weighted by Gasteiger charge is -2.55. The number of methoxy groups -OCH3 is 1. The number of hydrogen-bond donors (Lipinski definition) is 0. The van der Waals surface area contributed by atoms with Gasteiger partial charge in [-0.2, -0.15) is 0 Å². The summed E-state index contributed by atoms with van der Waals surface area (Å²) in [6, 6.07) is 9.05. The lowest BCUT2D eigenvalue weighted by Crippen LogP contribution is -2.61. The number of carbonyl (C=O) groups is 1. The number of piperidine rings is 1. The molecular weight excluding hydrogens is 350 g/mol. The van der Waals surface area contributed by atoms with Crippen LogP contribution in [0.2, 0.25) is 0 Å². The molecule has 4 atom stereocenters. The van der Waals surface area contributed by atoms with E-state index in [0.29, 0.717) is 12.0 Å². The topological polar surface area (TPSA) is 37.7 Å². The van der Waals surface area contributed by atoms with Crippen LogP contribution in [0.1, 0.15) is 43.5 Å². The molecule has 0 bridgehead atoms. The molecule has 5 nitrogen and oxygen atoms in total. The van der Waals surface area contributed by atoms with Crippen LogP contribution in [0.3, 0.4) is 0 Å². The zero-order valence-corrected chi connectivity index (χ0v) is 17.4. The molecule has 3 aliphatic heterocycles. The second-order valence-electron chi connectivity index (χ2n) is 9.08. The molecular formula is C23H31N3O2. The molecule has 150 valence electrons. The molecule has 1 aromatic heterocycles. The minimum absolute atomic E-state index is 0.143. The van der Waals surface area contributed by atoms with Gasteiger partial charge in [-0.15, -0.1) is 0 Å². The van der Waals surface area contributed by atoms with E-state index in [1.807, 2.05) is 14.1 Å². The quantitative estimate of drug-likeness (QED) is 0.764. The Bertz CT molecular complexity index is 933. The molecule has 0 saturated carbocycles. The third-order valence-corrected chi connectivity index (χ3v) is 7.66. The van der Waals surface area contributed by atoms with Crippen LogP contribution in [-0.4, -0.2) is 54.6 Å². The first-order valence-electron chi connectivity index (χ1n) is 10.7. The molecule has 4 heterocycles. The van der Waals surface area contributed by atoms with Crippen molar-refractivity contribution in [3.63, 3.8) is 0 Å². The van der Waals surface area contributed by atoms with Crippen molar-refractivity contribution in [2.24, 2.45) is 11.8 Å². The molecule has 5 heteroatoms. The molecule has 1 saturated heterocycles. The van der Waals surface area contributed by atoms with E-state index < -0.39 is 5.66 Å². The molecule has 0 N–H and O–H groups in total. The van der Waals surface area contributed by atoms with Gasteiger partial charge in [-0.25, -0.2) is 4.79 Å². The summed E-state index contributed by atoms with van der Waals surface area (Å²) in [7, 11) is 5.58. The Morgan fingerprint density at radius 3 is 2.82 bits per heavy atom. The van der Waals surface area contributed by atoms with Crippen molar-refractivity contribution in [3.05, 3.63) is 35.5 Å².